The monoisotopic (exact) mass is 379 g/mol. The van der Waals surface area contributed by atoms with Crippen LogP contribution in [0, 0.1) is 0 Å². The lowest BCUT2D eigenvalue weighted by Gasteiger charge is -2.23. The molecule has 0 saturated carbocycles. The van der Waals surface area contributed by atoms with Crippen LogP contribution >= 0.6 is 0 Å². The molecular weight excluding hydrogens is 354 g/mol. The first-order chi connectivity index (χ1) is 12.4. The molecule has 0 bridgehead atoms. The van der Waals surface area contributed by atoms with Crippen molar-refractivity contribution >= 4 is 32.7 Å². The molecule has 1 amide bonds. The third kappa shape index (κ3) is 3.91. The lowest BCUT2D eigenvalue weighted by Crippen LogP contribution is -2.44. The van der Waals surface area contributed by atoms with Gasteiger partial charge in [-0.15, -0.1) is 0 Å². The minimum atomic E-state index is -3.40. The Morgan fingerprint density at radius 2 is 2.19 bits per heavy atom. The molecule has 8 heteroatoms. The molecule has 0 unspecified atom stereocenters. The fourth-order valence-electron chi connectivity index (χ4n) is 3.21. The molecule has 0 spiro atoms. The first-order valence-electron chi connectivity index (χ1n) is 9.14. The van der Waals surface area contributed by atoms with Crippen LogP contribution in [0.2, 0.25) is 0 Å². The maximum absolute atomic E-state index is 12.7. The van der Waals surface area contributed by atoms with Crippen LogP contribution < -0.4 is 5.32 Å². The SMILES string of the molecule is CCCCS(=O)(=O)N1CCC[C@@H]1C(=O)Nc1ccc2oc(CC)nc2c1. The molecule has 0 aliphatic carbocycles. The van der Waals surface area contributed by atoms with Crippen LogP contribution in [0.15, 0.2) is 22.6 Å². The number of amides is 1. The maximum Gasteiger partial charge on any atom is 0.242 e. The number of sulfonamides is 1. The van der Waals surface area contributed by atoms with Crippen molar-refractivity contribution < 1.29 is 17.6 Å². The van der Waals surface area contributed by atoms with Crippen molar-refractivity contribution in [1.29, 1.82) is 0 Å². The van der Waals surface area contributed by atoms with Gasteiger partial charge in [0.2, 0.25) is 15.9 Å². The number of hydrogen-bond donors (Lipinski definition) is 1. The summed E-state index contributed by atoms with van der Waals surface area (Å²) in [6, 6.07) is 4.62. The maximum atomic E-state index is 12.7. The van der Waals surface area contributed by atoms with Crippen LogP contribution in [0.1, 0.15) is 45.4 Å². The van der Waals surface area contributed by atoms with E-state index in [1.54, 1.807) is 18.2 Å². The number of rotatable bonds is 7. The largest absolute Gasteiger partial charge is 0.441 e. The quantitative estimate of drug-likeness (QED) is 0.798. The van der Waals surface area contributed by atoms with Crippen LogP contribution in [0.5, 0.6) is 0 Å². The first-order valence-corrected chi connectivity index (χ1v) is 10.8. The number of carbonyl (C=O) groups excluding carboxylic acids is 1. The molecular formula is C18H25N3O4S. The standard InChI is InChI=1S/C18H25N3O4S/c1-3-5-11-26(23,24)21-10-6-7-15(21)18(22)19-13-8-9-16-14(12-13)20-17(4-2)25-16/h8-9,12,15H,3-7,10-11H2,1-2H3,(H,19,22)/t15-/m1/s1. The Morgan fingerprint density at radius 3 is 2.92 bits per heavy atom. The van der Waals surface area contributed by atoms with E-state index in [4.69, 9.17) is 4.42 Å². The number of carbonyl (C=O) groups is 1. The molecule has 1 atom stereocenters. The molecule has 7 nitrogen and oxygen atoms in total. The zero-order chi connectivity index (χ0) is 18.7. The van der Waals surface area contributed by atoms with E-state index in [1.807, 2.05) is 13.8 Å². The molecule has 1 fully saturated rings. The molecule has 1 N–H and O–H groups in total. The van der Waals surface area contributed by atoms with Crippen molar-refractivity contribution in [3.05, 3.63) is 24.1 Å². The molecule has 2 heterocycles. The van der Waals surface area contributed by atoms with Gasteiger partial charge >= 0.3 is 0 Å². The molecule has 2 aromatic rings. The zero-order valence-corrected chi connectivity index (χ0v) is 16.0. The number of benzene rings is 1. The number of fused-ring (bicyclic) bond motifs is 1. The number of anilines is 1. The fraction of sp³-hybridized carbons (Fsp3) is 0.556. The Kier molecular flexibility index (Phi) is 5.62. The second-order valence-electron chi connectivity index (χ2n) is 6.57. The lowest BCUT2D eigenvalue weighted by atomic mass is 10.2. The van der Waals surface area contributed by atoms with Gasteiger partial charge in [0, 0.05) is 18.7 Å². The molecule has 0 radical (unpaired) electrons. The first kappa shape index (κ1) is 18.8. The highest BCUT2D eigenvalue weighted by molar-refractivity contribution is 7.89. The van der Waals surface area contributed by atoms with E-state index in [-0.39, 0.29) is 11.7 Å². The van der Waals surface area contributed by atoms with Gasteiger partial charge in [-0.05, 0) is 37.5 Å². The Bertz CT molecular complexity index is 891. The molecule has 1 aliphatic rings. The zero-order valence-electron chi connectivity index (χ0n) is 15.2. The fourth-order valence-corrected chi connectivity index (χ4v) is 5.09. The third-order valence-electron chi connectivity index (χ3n) is 4.62. The summed E-state index contributed by atoms with van der Waals surface area (Å²) in [4.78, 5) is 17.0. The van der Waals surface area contributed by atoms with E-state index in [9.17, 15) is 13.2 Å². The highest BCUT2D eigenvalue weighted by atomic mass is 32.2. The van der Waals surface area contributed by atoms with Gasteiger partial charge in [-0.25, -0.2) is 13.4 Å². The van der Waals surface area contributed by atoms with Crippen LogP contribution in [0.25, 0.3) is 11.1 Å². The van der Waals surface area contributed by atoms with Crippen molar-refractivity contribution in [3.8, 4) is 0 Å². The molecule has 3 rings (SSSR count). The summed E-state index contributed by atoms with van der Waals surface area (Å²) in [7, 11) is -3.40. The van der Waals surface area contributed by atoms with Gasteiger partial charge in [0.1, 0.15) is 11.6 Å². The molecule has 142 valence electrons. The Morgan fingerprint density at radius 1 is 1.38 bits per heavy atom. The second kappa shape index (κ2) is 7.75. The second-order valence-corrected chi connectivity index (χ2v) is 8.61. The lowest BCUT2D eigenvalue weighted by molar-refractivity contribution is -0.119. The van der Waals surface area contributed by atoms with Gasteiger partial charge in [-0.1, -0.05) is 20.3 Å². The number of nitrogens with zero attached hydrogens (tertiary/aromatic N) is 2. The van der Waals surface area contributed by atoms with Crippen LogP contribution in [0.4, 0.5) is 5.69 Å². The third-order valence-corrected chi connectivity index (χ3v) is 6.58. The average molecular weight is 379 g/mol. The Balaban J connectivity index is 1.74. The van der Waals surface area contributed by atoms with Gasteiger partial charge in [-0.2, -0.15) is 4.31 Å². The van der Waals surface area contributed by atoms with Crippen molar-refractivity contribution in [2.24, 2.45) is 0 Å². The highest BCUT2D eigenvalue weighted by Crippen LogP contribution is 2.25. The van der Waals surface area contributed by atoms with Crippen LogP contribution in [-0.2, 0) is 21.2 Å². The Labute approximate surface area is 153 Å². The smallest absolute Gasteiger partial charge is 0.242 e. The number of aryl methyl sites for hydroxylation is 1. The van der Waals surface area contributed by atoms with E-state index in [1.165, 1.54) is 4.31 Å². The van der Waals surface area contributed by atoms with E-state index in [2.05, 4.69) is 10.3 Å². The van der Waals surface area contributed by atoms with E-state index < -0.39 is 16.1 Å². The van der Waals surface area contributed by atoms with Crippen molar-refractivity contribution in [1.82, 2.24) is 9.29 Å². The topological polar surface area (TPSA) is 92.5 Å². The molecule has 1 aromatic carbocycles. The predicted octanol–water partition coefficient (Wildman–Crippen LogP) is 2.92. The van der Waals surface area contributed by atoms with Crippen molar-refractivity contribution in [3.63, 3.8) is 0 Å². The van der Waals surface area contributed by atoms with Gasteiger partial charge in [-0.3, -0.25) is 4.79 Å². The van der Waals surface area contributed by atoms with Gasteiger partial charge in [0.15, 0.2) is 11.5 Å². The molecule has 1 aliphatic heterocycles. The number of nitrogens with one attached hydrogen (secondary N) is 1. The van der Waals surface area contributed by atoms with E-state index in [0.717, 1.165) is 6.42 Å². The normalized spacial score (nSPS) is 18.5. The van der Waals surface area contributed by atoms with Gasteiger partial charge in [0.25, 0.3) is 0 Å². The summed E-state index contributed by atoms with van der Waals surface area (Å²) in [5.41, 5.74) is 1.94. The number of oxazole rings is 1. The van der Waals surface area contributed by atoms with Crippen LogP contribution in [-0.4, -0.2) is 42.0 Å². The van der Waals surface area contributed by atoms with Gasteiger partial charge < -0.3 is 9.73 Å². The molecule has 1 aromatic heterocycles. The summed E-state index contributed by atoms with van der Waals surface area (Å²) in [6.07, 6.45) is 3.36. The summed E-state index contributed by atoms with van der Waals surface area (Å²) >= 11 is 0. The summed E-state index contributed by atoms with van der Waals surface area (Å²) < 4.78 is 31.9. The van der Waals surface area contributed by atoms with Crippen molar-refractivity contribution in [2.45, 2.75) is 52.0 Å². The van der Waals surface area contributed by atoms with Gasteiger partial charge in [0.05, 0.1) is 5.75 Å². The predicted molar refractivity (Wildman–Crippen MR) is 100 cm³/mol. The van der Waals surface area contributed by atoms with Crippen molar-refractivity contribution in [2.75, 3.05) is 17.6 Å². The average Bonchev–Trinajstić information content (AvgIpc) is 3.26. The Hall–Kier alpha value is -1.93. The number of unbranched alkanes of at least 4 members (excludes halogenated alkanes) is 1. The number of hydrogen-bond acceptors (Lipinski definition) is 5. The van der Waals surface area contributed by atoms with E-state index in [0.29, 0.717) is 54.9 Å². The number of aromatic nitrogens is 1. The minimum Gasteiger partial charge on any atom is -0.441 e. The minimum absolute atomic E-state index is 0.0952. The van der Waals surface area contributed by atoms with Crippen LogP contribution in [0.3, 0.4) is 0 Å². The highest BCUT2D eigenvalue weighted by Gasteiger charge is 2.38. The summed E-state index contributed by atoms with van der Waals surface area (Å²) in [6.45, 7) is 4.32. The van der Waals surface area contributed by atoms with E-state index >= 15 is 0 Å². The summed E-state index contributed by atoms with van der Waals surface area (Å²) in [5.74, 6) is 0.450. The molecule has 1 saturated heterocycles. The molecule has 26 heavy (non-hydrogen) atoms. The summed E-state index contributed by atoms with van der Waals surface area (Å²) in [5, 5.41) is 2.83.